The van der Waals surface area contributed by atoms with Crippen LogP contribution in [0.15, 0.2) is 28.8 Å². The number of aliphatic hydroxyl groups excluding tert-OH is 1. The van der Waals surface area contributed by atoms with Crippen LogP contribution >= 0.6 is 0 Å². The molecular formula is C28H36N4O4. The number of hydrogen-bond donors (Lipinski definition) is 2. The van der Waals surface area contributed by atoms with Crippen LogP contribution in [0.1, 0.15) is 68.4 Å². The lowest BCUT2D eigenvalue weighted by molar-refractivity contribution is 0.0904. The van der Waals surface area contributed by atoms with Crippen LogP contribution < -0.4 is 10.1 Å². The fourth-order valence-corrected chi connectivity index (χ4v) is 4.70. The van der Waals surface area contributed by atoms with Crippen molar-refractivity contribution in [2.24, 2.45) is 0 Å². The van der Waals surface area contributed by atoms with Gasteiger partial charge in [0.15, 0.2) is 5.82 Å². The van der Waals surface area contributed by atoms with Gasteiger partial charge in [0.1, 0.15) is 23.9 Å². The third-order valence-corrected chi connectivity index (χ3v) is 6.94. The number of rotatable bonds is 10. The monoisotopic (exact) mass is 492 g/mol. The third-order valence-electron chi connectivity index (χ3n) is 6.94. The summed E-state index contributed by atoms with van der Waals surface area (Å²) in [6.45, 7) is 7.86. The van der Waals surface area contributed by atoms with Gasteiger partial charge < -0.3 is 24.4 Å². The van der Waals surface area contributed by atoms with Gasteiger partial charge in [-0.05, 0) is 58.1 Å². The zero-order valence-corrected chi connectivity index (χ0v) is 21.4. The zero-order chi connectivity index (χ0) is 25.1. The summed E-state index contributed by atoms with van der Waals surface area (Å²) in [7, 11) is 0. The lowest BCUT2D eigenvalue weighted by Crippen LogP contribution is -2.28. The first-order chi connectivity index (χ1) is 17.5. The summed E-state index contributed by atoms with van der Waals surface area (Å²) < 4.78 is 17.2. The summed E-state index contributed by atoms with van der Waals surface area (Å²) in [5.41, 5.74) is 4.55. The number of ether oxygens (including phenoxy) is 2. The van der Waals surface area contributed by atoms with E-state index in [-0.39, 0.29) is 6.61 Å². The van der Waals surface area contributed by atoms with E-state index in [0.717, 1.165) is 85.0 Å². The topological polar surface area (TPSA) is 103 Å². The fraction of sp³-hybridized carbons (Fsp3) is 0.536. The summed E-state index contributed by atoms with van der Waals surface area (Å²) in [6, 6.07) is 8.06. The van der Waals surface area contributed by atoms with Crippen molar-refractivity contribution in [3.05, 3.63) is 41.3 Å². The molecule has 0 spiro atoms. The second kappa shape index (κ2) is 11.0. The summed E-state index contributed by atoms with van der Waals surface area (Å²) in [4.78, 5) is 10.0. The molecule has 8 heteroatoms. The van der Waals surface area contributed by atoms with E-state index in [1.165, 1.54) is 0 Å². The van der Waals surface area contributed by atoms with Crippen molar-refractivity contribution in [3.63, 3.8) is 0 Å². The molecule has 3 heterocycles. The molecule has 2 N–H and O–H groups in total. The van der Waals surface area contributed by atoms with Crippen molar-refractivity contribution < 1.29 is 19.1 Å². The molecule has 3 aromatic rings. The Labute approximate surface area is 212 Å². The first-order valence-electron chi connectivity index (χ1n) is 13.1. The van der Waals surface area contributed by atoms with Gasteiger partial charge in [0.2, 0.25) is 0 Å². The van der Waals surface area contributed by atoms with Gasteiger partial charge in [0.05, 0.1) is 23.1 Å². The molecule has 0 amide bonds. The minimum atomic E-state index is -0.478. The maximum atomic E-state index is 10.1. The molecule has 1 saturated carbocycles. The van der Waals surface area contributed by atoms with Crippen LogP contribution in [0.25, 0.3) is 22.6 Å². The minimum Gasteiger partial charge on any atom is -0.491 e. The molecule has 1 saturated heterocycles. The van der Waals surface area contributed by atoms with Gasteiger partial charge in [-0.25, -0.2) is 9.97 Å². The van der Waals surface area contributed by atoms with Gasteiger partial charge in [-0.3, -0.25) is 0 Å². The van der Waals surface area contributed by atoms with E-state index in [1.54, 1.807) is 0 Å². The fourth-order valence-electron chi connectivity index (χ4n) is 4.70. The molecule has 2 aromatic heterocycles. The Kier molecular flexibility index (Phi) is 7.53. The first-order valence-corrected chi connectivity index (χ1v) is 13.1. The van der Waals surface area contributed by atoms with Crippen LogP contribution in [0, 0.1) is 13.8 Å². The standard InChI is InChI=1S/C28H36N4O4/c1-4-6-22(33)16-35-23-8-5-7-20(15-23)28-30-25(24-18(3)32-36-26(24)19-9-10-19)17(2)27(31-28)29-21-11-13-34-14-12-21/h5,7-8,15,19,21-22,33H,4,6,9-14,16H2,1-3H3,(H,29,30,31). The maximum Gasteiger partial charge on any atom is 0.162 e. The van der Waals surface area contributed by atoms with E-state index < -0.39 is 6.10 Å². The van der Waals surface area contributed by atoms with Crippen LogP contribution in [0.2, 0.25) is 0 Å². The number of aryl methyl sites for hydroxylation is 1. The van der Waals surface area contributed by atoms with Gasteiger partial charge in [0.25, 0.3) is 0 Å². The molecule has 1 unspecified atom stereocenters. The van der Waals surface area contributed by atoms with Crippen molar-refractivity contribution in [1.82, 2.24) is 15.1 Å². The van der Waals surface area contributed by atoms with Crippen LogP contribution in [-0.2, 0) is 4.74 Å². The predicted molar refractivity (Wildman–Crippen MR) is 138 cm³/mol. The van der Waals surface area contributed by atoms with Crippen molar-refractivity contribution in [3.8, 4) is 28.4 Å². The Bertz CT molecular complexity index is 1180. The molecule has 5 rings (SSSR count). The lowest BCUT2D eigenvalue weighted by atomic mass is 10.0. The predicted octanol–water partition coefficient (Wildman–Crippen LogP) is 5.42. The van der Waals surface area contributed by atoms with Gasteiger partial charge in [-0.15, -0.1) is 0 Å². The van der Waals surface area contributed by atoms with Gasteiger partial charge in [-0.1, -0.05) is 30.6 Å². The van der Waals surface area contributed by atoms with Crippen molar-refractivity contribution in [1.29, 1.82) is 0 Å². The maximum absolute atomic E-state index is 10.1. The smallest absolute Gasteiger partial charge is 0.162 e. The van der Waals surface area contributed by atoms with Crippen molar-refractivity contribution in [2.75, 3.05) is 25.1 Å². The molecule has 8 nitrogen and oxygen atoms in total. The molecule has 192 valence electrons. The van der Waals surface area contributed by atoms with E-state index in [0.29, 0.717) is 30.0 Å². The van der Waals surface area contributed by atoms with Crippen molar-refractivity contribution >= 4 is 5.82 Å². The number of aliphatic hydroxyl groups is 1. The summed E-state index contributed by atoms with van der Waals surface area (Å²) in [6.07, 6.45) is 5.28. The Morgan fingerprint density at radius 3 is 2.69 bits per heavy atom. The molecule has 1 aliphatic heterocycles. The molecule has 36 heavy (non-hydrogen) atoms. The molecule has 1 aliphatic carbocycles. The number of nitrogens with one attached hydrogen (secondary N) is 1. The van der Waals surface area contributed by atoms with Crippen LogP contribution in [0.4, 0.5) is 5.82 Å². The number of nitrogens with zero attached hydrogens (tertiary/aromatic N) is 3. The highest BCUT2D eigenvalue weighted by molar-refractivity contribution is 5.75. The minimum absolute atomic E-state index is 0.262. The van der Waals surface area contributed by atoms with E-state index in [1.807, 2.05) is 38.1 Å². The summed E-state index contributed by atoms with van der Waals surface area (Å²) >= 11 is 0. The van der Waals surface area contributed by atoms with E-state index in [2.05, 4.69) is 17.4 Å². The second-order valence-corrected chi connectivity index (χ2v) is 9.96. The highest BCUT2D eigenvalue weighted by atomic mass is 16.5. The zero-order valence-electron chi connectivity index (χ0n) is 21.4. The van der Waals surface area contributed by atoms with E-state index in [9.17, 15) is 5.11 Å². The Balaban J connectivity index is 1.53. The molecular weight excluding hydrogens is 456 g/mol. The number of anilines is 1. The van der Waals surface area contributed by atoms with Gasteiger partial charge >= 0.3 is 0 Å². The average molecular weight is 493 g/mol. The molecule has 2 fully saturated rings. The SMILES string of the molecule is CCCC(O)COc1cccc(-c2nc(NC3CCOCC3)c(C)c(-c3c(C)noc3C3CC3)n2)c1. The van der Waals surface area contributed by atoms with Gasteiger partial charge in [0, 0.05) is 36.3 Å². The van der Waals surface area contributed by atoms with Gasteiger partial charge in [-0.2, -0.15) is 0 Å². The number of hydrogen-bond acceptors (Lipinski definition) is 8. The number of benzene rings is 1. The Morgan fingerprint density at radius 2 is 1.94 bits per heavy atom. The molecule has 1 atom stereocenters. The van der Waals surface area contributed by atoms with Crippen LogP contribution in [0.3, 0.4) is 0 Å². The third kappa shape index (κ3) is 5.55. The lowest BCUT2D eigenvalue weighted by Gasteiger charge is -2.25. The average Bonchev–Trinajstić information content (AvgIpc) is 3.67. The largest absolute Gasteiger partial charge is 0.491 e. The van der Waals surface area contributed by atoms with Crippen LogP contribution in [-0.4, -0.2) is 52.2 Å². The summed E-state index contributed by atoms with van der Waals surface area (Å²) in [5.74, 6) is 3.48. The second-order valence-electron chi connectivity index (χ2n) is 9.96. The summed E-state index contributed by atoms with van der Waals surface area (Å²) in [5, 5.41) is 18.0. The van der Waals surface area contributed by atoms with E-state index in [4.69, 9.17) is 24.0 Å². The Morgan fingerprint density at radius 1 is 1.14 bits per heavy atom. The normalized spacial score (nSPS) is 17.2. The number of aromatic nitrogens is 3. The van der Waals surface area contributed by atoms with E-state index >= 15 is 0 Å². The van der Waals surface area contributed by atoms with Crippen LogP contribution in [0.5, 0.6) is 5.75 Å². The molecule has 0 radical (unpaired) electrons. The first kappa shape index (κ1) is 24.7. The Hall–Kier alpha value is -2.97. The highest BCUT2D eigenvalue weighted by Crippen LogP contribution is 2.46. The van der Waals surface area contributed by atoms with Crippen molar-refractivity contribution in [2.45, 2.75) is 77.4 Å². The molecule has 2 aliphatic rings. The highest BCUT2D eigenvalue weighted by Gasteiger charge is 2.34. The molecule has 1 aromatic carbocycles. The quantitative estimate of drug-likeness (QED) is 0.387. The molecule has 0 bridgehead atoms.